The van der Waals surface area contributed by atoms with Crippen molar-refractivity contribution in [2.75, 3.05) is 7.11 Å². The van der Waals surface area contributed by atoms with E-state index < -0.39 is 0 Å². The minimum atomic E-state index is 0.251. The fraction of sp³-hybridized carbons (Fsp3) is 0.267. The van der Waals surface area contributed by atoms with Gasteiger partial charge in [0.05, 0.1) is 7.11 Å². The molecule has 0 N–H and O–H groups in total. The van der Waals surface area contributed by atoms with Crippen LogP contribution in [0, 0.1) is 6.92 Å². The second-order valence-electron chi connectivity index (χ2n) is 4.22. The molecule has 0 saturated heterocycles. The molecule has 18 heavy (non-hydrogen) atoms. The summed E-state index contributed by atoms with van der Waals surface area (Å²) in [5.41, 5.74) is 3.56. The van der Waals surface area contributed by atoms with Crippen LogP contribution in [0.2, 0.25) is 0 Å². The van der Waals surface area contributed by atoms with Crippen LogP contribution in [0.1, 0.15) is 21.6 Å². The smallest absolute Gasteiger partial charge is 0.119 e. The molecule has 1 atom stereocenters. The van der Waals surface area contributed by atoms with Crippen molar-refractivity contribution in [3.63, 3.8) is 0 Å². The highest BCUT2D eigenvalue weighted by atomic mass is 79.9. The molecule has 3 heteroatoms. The molecule has 2 nitrogen and oxygen atoms in total. The molecule has 0 aliphatic heterocycles. The summed E-state index contributed by atoms with van der Waals surface area (Å²) in [5, 5.41) is 0. The van der Waals surface area contributed by atoms with Crippen molar-refractivity contribution in [2.45, 2.75) is 18.2 Å². The van der Waals surface area contributed by atoms with Crippen molar-refractivity contribution >= 4 is 15.9 Å². The summed E-state index contributed by atoms with van der Waals surface area (Å²) in [4.78, 5) is 4.68. The number of nitrogens with zero attached hydrogens (tertiary/aromatic N) is 1. The zero-order chi connectivity index (χ0) is 13.0. The molecule has 1 unspecified atom stereocenters. The average Bonchev–Trinajstić information content (AvgIpc) is 2.41. The Hall–Kier alpha value is -1.35. The van der Waals surface area contributed by atoms with Crippen molar-refractivity contribution in [1.82, 2.24) is 4.98 Å². The lowest BCUT2D eigenvalue weighted by atomic mass is 10.0. The molecule has 0 amide bonds. The van der Waals surface area contributed by atoms with E-state index in [0.29, 0.717) is 0 Å². The lowest BCUT2D eigenvalue weighted by molar-refractivity contribution is 0.414. The van der Waals surface area contributed by atoms with Gasteiger partial charge in [0.25, 0.3) is 0 Å². The Morgan fingerprint density at radius 2 is 2.11 bits per heavy atom. The molecule has 0 bridgehead atoms. The van der Waals surface area contributed by atoms with Crippen LogP contribution in [0.5, 0.6) is 5.75 Å². The third kappa shape index (κ3) is 3.10. The van der Waals surface area contributed by atoms with E-state index >= 15 is 0 Å². The van der Waals surface area contributed by atoms with Crippen LogP contribution in [0.15, 0.2) is 42.6 Å². The number of ether oxygens (including phenoxy) is 1. The molecule has 94 valence electrons. The van der Waals surface area contributed by atoms with E-state index in [9.17, 15) is 0 Å². The van der Waals surface area contributed by atoms with Crippen LogP contribution in [-0.4, -0.2) is 12.1 Å². The quantitative estimate of drug-likeness (QED) is 0.794. The largest absolute Gasteiger partial charge is 0.497 e. The van der Waals surface area contributed by atoms with Gasteiger partial charge in [-0.3, -0.25) is 4.98 Å². The Bertz CT molecular complexity index is 527. The van der Waals surface area contributed by atoms with E-state index in [2.05, 4.69) is 46.0 Å². The Morgan fingerprint density at radius 3 is 2.83 bits per heavy atom. The van der Waals surface area contributed by atoms with E-state index in [-0.39, 0.29) is 4.83 Å². The second-order valence-corrected chi connectivity index (χ2v) is 5.32. The minimum absolute atomic E-state index is 0.251. The van der Waals surface area contributed by atoms with Crippen LogP contribution in [0.4, 0.5) is 0 Å². The molecule has 0 aliphatic rings. The maximum Gasteiger partial charge on any atom is 0.119 e. The molecule has 2 aromatic rings. The number of alkyl halides is 1. The fourth-order valence-electron chi connectivity index (χ4n) is 1.86. The highest BCUT2D eigenvalue weighted by Crippen LogP contribution is 2.29. The van der Waals surface area contributed by atoms with Crippen molar-refractivity contribution < 1.29 is 4.74 Å². The first kappa shape index (κ1) is 13.1. The van der Waals surface area contributed by atoms with Gasteiger partial charge in [-0.2, -0.15) is 0 Å². The fourth-order valence-corrected chi connectivity index (χ4v) is 2.45. The van der Waals surface area contributed by atoms with E-state index in [1.54, 1.807) is 7.11 Å². The van der Waals surface area contributed by atoms with Crippen molar-refractivity contribution in [3.05, 3.63) is 59.4 Å². The van der Waals surface area contributed by atoms with E-state index in [0.717, 1.165) is 17.9 Å². The maximum absolute atomic E-state index is 5.24. The number of methoxy groups -OCH3 is 1. The first-order valence-corrected chi connectivity index (χ1v) is 6.81. The normalized spacial score (nSPS) is 12.2. The molecule has 1 aromatic carbocycles. The van der Waals surface area contributed by atoms with Crippen LogP contribution in [0.3, 0.4) is 0 Å². The van der Waals surface area contributed by atoms with Crippen LogP contribution < -0.4 is 4.74 Å². The van der Waals surface area contributed by atoms with Crippen molar-refractivity contribution in [2.24, 2.45) is 0 Å². The summed E-state index contributed by atoms with van der Waals surface area (Å²) in [5.74, 6) is 0.884. The summed E-state index contributed by atoms with van der Waals surface area (Å²) in [6.07, 6.45) is 2.72. The van der Waals surface area contributed by atoms with Crippen molar-refractivity contribution in [3.8, 4) is 5.75 Å². The van der Waals surface area contributed by atoms with Gasteiger partial charge in [0.1, 0.15) is 5.75 Å². The van der Waals surface area contributed by atoms with Gasteiger partial charge in [0.2, 0.25) is 0 Å². The Kier molecular flexibility index (Phi) is 4.37. The van der Waals surface area contributed by atoms with Crippen LogP contribution >= 0.6 is 15.9 Å². The Labute approximate surface area is 116 Å². The first-order valence-electron chi connectivity index (χ1n) is 5.89. The highest BCUT2D eigenvalue weighted by molar-refractivity contribution is 9.09. The second kappa shape index (κ2) is 6.01. The predicted octanol–water partition coefficient (Wildman–Crippen LogP) is 4.08. The number of hydrogen-bond acceptors (Lipinski definition) is 2. The van der Waals surface area contributed by atoms with Crippen LogP contribution in [-0.2, 0) is 6.42 Å². The molecule has 1 heterocycles. The van der Waals surface area contributed by atoms with E-state index in [1.807, 2.05) is 24.4 Å². The number of aromatic nitrogens is 1. The zero-order valence-electron chi connectivity index (χ0n) is 10.6. The third-order valence-electron chi connectivity index (χ3n) is 2.95. The SMILES string of the molecule is COc1cccc(C(Br)Cc2ncccc2C)c1. The number of pyridine rings is 1. The number of rotatable bonds is 4. The molecule has 0 aliphatic carbocycles. The van der Waals surface area contributed by atoms with Crippen LogP contribution in [0.25, 0.3) is 0 Å². The third-order valence-corrected chi connectivity index (χ3v) is 3.80. The minimum Gasteiger partial charge on any atom is -0.497 e. The standard InChI is InChI=1S/C15H16BrNO/c1-11-5-4-8-17-15(11)10-14(16)12-6-3-7-13(9-12)18-2/h3-9,14H,10H2,1-2H3. The number of halogens is 1. The van der Waals surface area contributed by atoms with Crippen molar-refractivity contribution in [1.29, 1.82) is 0 Å². The number of hydrogen-bond donors (Lipinski definition) is 0. The van der Waals surface area contributed by atoms with Gasteiger partial charge in [-0.15, -0.1) is 0 Å². The van der Waals surface area contributed by atoms with Gasteiger partial charge < -0.3 is 4.74 Å². The van der Waals surface area contributed by atoms with E-state index in [4.69, 9.17) is 4.74 Å². The summed E-state index contributed by atoms with van der Waals surface area (Å²) in [6, 6.07) is 12.2. The molecular formula is C15H16BrNO. The summed E-state index contributed by atoms with van der Waals surface area (Å²) in [6.45, 7) is 2.09. The van der Waals surface area contributed by atoms with Gasteiger partial charge in [0, 0.05) is 23.1 Å². The zero-order valence-corrected chi connectivity index (χ0v) is 12.1. The van der Waals surface area contributed by atoms with Gasteiger partial charge in [-0.05, 0) is 36.2 Å². The van der Waals surface area contributed by atoms with E-state index in [1.165, 1.54) is 11.1 Å². The highest BCUT2D eigenvalue weighted by Gasteiger charge is 2.11. The van der Waals surface area contributed by atoms with Gasteiger partial charge in [-0.1, -0.05) is 34.1 Å². The lowest BCUT2D eigenvalue weighted by Crippen LogP contribution is -2.00. The average molecular weight is 306 g/mol. The summed E-state index contributed by atoms with van der Waals surface area (Å²) in [7, 11) is 1.69. The molecule has 0 spiro atoms. The molecule has 0 radical (unpaired) electrons. The molecule has 0 saturated carbocycles. The summed E-state index contributed by atoms with van der Waals surface area (Å²) >= 11 is 3.72. The number of benzene rings is 1. The summed E-state index contributed by atoms with van der Waals surface area (Å²) < 4.78 is 5.24. The topological polar surface area (TPSA) is 22.1 Å². The first-order chi connectivity index (χ1) is 8.70. The lowest BCUT2D eigenvalue weighted by Gasteiger charge is -2.12. The monoisotopic (exact) mass is 305 g/mol. The number of aryl methyl sites for hydroxylation is 1. The molecule has 0 fully saturated rings. The van der Waals surface area contributed by atoms with Gasteiger partial charge >= 0.3 is 0 Å². The predicted molar refractivity (Wildman–Crippen MR) is 77.3 cm³/mol. The molecule has 1 aromatic heterocycles. The maximum atomic E-state index is 5.24. The Morgan fingerprint density at radius 1 is 1.28 bits per heavy atom. The molecular weight excluding hydrogens is 290 g/mol. The molecule has 2 rings (SSSR count). The van der Waals surface area contributed by atoms with Gasteiger partial charge in [-0.25, -0.2) is 0 Å². The Balaban J connectivity index is 2.16. The van der Waals surface area contributed by atoms with Gasteiger partial charge in [0.15, 0.2) is 0 Å².